The molecule has 0 saturated carbocycles. The largest absolute Gasteiger partial charge is 0.369 e. The van der Waals surface area contributed by atoms with Crippen molar-refractivity contribution in [3.63, 3.8) is 0 Å². The number of nitrogens with zero attached hydrogens (tertiary/aromatic N) is 4. The summed E-state index contributed by atoms with van der Waals surface area (Å²) in [6.07, 6.45) is 5.60. The van der Waals surface area contributed by atoms with Crippen LogP contribution in [0.25, 0.3) is 0 Å². The molecule has 0 aromatic carbocycles. The average molecular weight is 382 g/mol. The van der Waals surface area contributed by atoms with Crippen molar-refractivity contribution in [2.24, 2.45) is 0 Å². The van der Waals surface area contributed by atoms with Gasteiger partial charge in [0.25, 0.3) is 0 Å². The van der Waals surface area contributed by atoms with Gasteiger partial charge in [0, 0.05) is 36.9 Å². The van der Waals surface area contributed by atoms with E-state index in [1.165, 1.54) is 4.88 Å². The molecule has 27 heavy (non-hydrogen) atoms. The van der Waals surface area contributed by atoms with Crippen molar-refractivity contribution < 1.29 is 4.74 Å². The second-order valence-corrected chi connectivity index (χ2v) is 8.03. The van der Waals surface area contributed by atoms with Crippen LogP contribution in [0.15, 0.2) is 42.9 Å². The number of pyridine rings is 2. The molecule has 4 heterocycles. The van der Waals surface area contributed by atoms with E-state index in [2.05, 4.69) is 25.2 Å². The van der Waals surface area contributed by atoms with Crippen molar-refractivity contribution in [2.45, 2.75) is 26.5 Å². The monoisotopic (exact) mass is 381 g/mol. The van der Waals surface area contributed by atoms with Crippen molar-refractivity contribution in [3.05, 3.63) is 64.0 Å². The molecule has 4 rings (SSSR count). The standard InChI is InChI=1S/C20H23N5OS/c1-14-4-3-7-21-20(14)24-16-5-6-18(23-10-16)19-13-25(8-9-26-19)12-17-11-22-15(2)27-17/h3-7,10-11,19H,8-9,12-13H2,1-2H3,(H,21,24). The summed E-state index contributed by atoms with van der Waals surface area (Å²) in [6.45, 7) is 7.50. The molecule has 1 N–H and O–H groups in total. The van der Waals surface area contributed by atoms with E-state index in [9.17, 15) is 0 Å². The van der Waals surface area contributed by atoms with Crippen LogP contribution in [0.4, 0.5) is 11.5 Å². The van der Waals surface area contributed by atoms with Gasteiger partial charge in [0.2, 0.25) is 0 Å². The van der Waals surface area contributed by atoms with Gasteiger partial charge in [-0.15, -0.1) is 11.3 Å². The predicted molar refractivity (Wildman–Crippen MR) is 107 cm³/mol. The van der Waals surface area contributed by atoms with Crippen molar-refractivity contribution in [1.82, 2.24) is 19.9 Å². The van der Waals surface area contributed by atoms with Crippen molar-refractivity contribution >= 4 is 22.8 Å². The normalized spacial score (nSPS) is 17.8. The van der Waals surface area contributed by atoms with Crippen molar-refractivity contribution in [1.29, 1.82) is 0 Å². The Morgan fingerprint density at radius 3 is 2.85 bits per heavy atom. The zero-order chi connectivity index (χ0) is 18.6. The summed E-state index contributed by atoms with van der Waals surface area (Å²) in [7, 11) is 0. The third-order valence-electron chi connectivity index (χ3n) is 4.59. The second-order valence-electron chi connectivity index (χ2n) is 6.71. The fourth-order valence-corrected chi connectivity index (χ4v) is 3.98. The molecular formula is C20H23N5OS. The first-order valence-electron chi connectivity index (χ1n) is 9.07. The number of aryl methyl sites for hydroxylation is 2. The summed E-state index contributed by atoms with van der Waals surface area (Å²) in [5.74, 6) is 0.854. The lowest BCUT2D eigenvalue weighted by atomic mass is 10.2. The van der Waals surface area contributed by atoms with Gasteiger partial charge in [0.15, 0.2) is 0 Å². The van der Waals surface area contributed by atoms with Crippen molar-refractivity contribution in [3.8, 4) is 0 Å². The molecule has 0 spiro atoms. The lowest BCUT2D eigenvalue weighted by Crippen LogP contribution is -2.37. The minimum atomic E-state index is -0.00148. The maximum absolute atomic E-state index is 5.97. The molecule has 0 radical (unpaired) electrons. The Hall–Kier alpha value is -2.35. The summed E-state index contributed by atoms with van der Waals surface area (Å²) >= 11 is 1.76. The molecule has 6 nitrogen and oxygen atoms in total. The van der Waals surface area contributed by atoms with E-state index in [-0.39, 0.29) is 6.10 Å². The summed E-state index contributed by atoms with van der Waals surface area (Å²) in [6, 6.07) is 8.03. The van der Waals surface area contributed by atoms with Gasteiger partial charge in [0.05, 0.1) is 29.2 Å². The minimum Gasteiger partial charge on any atom is -0.369 e. The molecule has 3 aromatic rings. The summed E-state index contributed by atoms with van der Waals surface area (Å²) in [5, 5.41) is 4.43. The van der Waals surface area contributed by atoms with Gasteiger partial charge in [-0.05, 0) is 37.6 Å². The Morgan fingerprint density at radius 1 is 1.19 bits per heavy atom. The van der Waals surface area contributed by atoms with Crippen LogP contribution < -0.4 is 5.32 Å². The molecule has 1 aliphatic rings. The highest BCUT2D eigenvalue weighted by atomic mass is 32.1. The quantitative estimate of drug-likeness (QED) is 0.724. The molecule has 3 aromatic heterocycles. The minimum absolute atomic E-state index is 0.00148. The fourth-order valence-electron chi connectivity index (χ4n) is 3.15. The third kappa shape index (κ3) is 4.50. The molecular weight excluding hydrogens is 358 g/mol. The lowest BCUT2D eigenvalue weighted by Gasteiger charge is -2.32. The Kier molecular flexibility index (Phi) is 5.42. The van der Waals surface area contributed by atoms with Gasteiger partial charge in [-0.25, -0.2) is 9.97 Å². The van der Waals surface area contributed by atoms with Crippen LogP contribution in [-0.4, -0.2) is 39.5 Å². The maximum Gasteiger partial charge on any atom is 0.133 e. The molecule has 1 atom stereocenters. The lowest BCUT2D eigenvalue weighted by molar-refractivity contribution is -0.0346. The van der Waals surface area contributed by atoms with Gasteiger partial charge in [-0.3, -0.25) is 9.88 Å². The van der Waals surface area contributed by atoms with E-state index in [1.54, 1.807) is 17.5 Å². The SMILES string of the molecule is Cc1ncc(CN2CCOC(c3ccc(Nc4ncccc4C)cn3)C2)s1. The van der Waals surface area contributed by atoms with Crippen LogP contribution >= 0.6 is 11.3 Å². The number of hydrogen-bond acceptors (Lipinski definition) is 7. The van der Waals surface area contributed by atoms with E-state index in [4.69, 9.17) is 4.74 Å². The van der Waals surface area contributed by atoms with Crippen LogP contribution in [0.5, 0.6) is 0 Å². The Labute approximate surface area is 163 Å². The number of nitrogens with one attached hydrogen (secondary N) is 1. The first-order chi connectivity index (χ1) is 13.2. The molecule has 0 bridgehead atoms. The van der Waals surface area contributed by atoms with Crippen molar-refractivity contribution in [2.75, 3.05) is 25.0 Å². The van der Waals surface area contributed by atoms with Crippen LogP contribution in [-0.2, 0) is 11.3 Å². The molecule has 1 aliphatic heterocycles. The van der Waals surface area contributed by atoms with E-state index in [1.807, 2.05) is 50.5 Å². The maximum atomic E-state index is 5.97. The zero-order valence-electron chi connectivity index (χ0n) is 15.6. The number of ether oxygens (including phenoxy) is 1. The summed E-state index contributed by atoms with van der Waals surface area (Å²) in [5.41, 5.74) is 2.99. The van der Waals surface area contributed by atoms with Gasteiger partial charge < -0.3 is 10.1 Å². The van der Waals surface area contributed by atoms with E-state index in [0.717, 1.165) is 54.0 Å². The topological polar surface area (TPSA) is 63.2 Å². The number of rotatable bonds is 5. The fraction of sp³-hybridized carbons (Fsp3) is 0.350. The molecule has 7 heteroatoms. The smallest absolute Gasteiger partial charge is 0.133 e. The highest BCUT2D eigenvalue weighted by Crippen LogP contribution is 2.25. The molecule has 0 aliphatic carbocycles. The van der Waals surface area contributed by atoms with Crippen LogP contribution in [0.1, 0.15) is 27.2 Å². The molecule has 1 fully saturated rings. The number of hydrogen-bond donors (Lipinski definition) is 1. The van der Waals surface area contributed by atoms with Gasteiger partial charge in [-0.2, -0.15) is 0 Å². The molecule has 140 valence electrons. The molecule has 0 amide bonds. The number of anilines is 2. The number of morpholine rings is 1. The van der Waals surface area contributed by atoms with E-state index >= 15 is 0 Å². The highest BCUT2D eigenvalue weighted by Gasteiger charge is 2.23. The van der Waals surface area contributed by atoms with E-state index in [0.29, 0.717) is 0 Å². The third-order valence-corrected chi connectivity index (χ3v) is 5.49. The van der Waals surface area contributed by atoms with Gasteiger partial charge in [0.1, 0.15) is 11.9 Å². The average Bonchev–Trinajstić information content (AvgIpc) is 3.09. The first kappa shape index (κ1) is 18.0. The summed E-state index contributed by atoms with van der Waals surface area (Å²) < 4.78 is 5.97. The highest BCUT2D eigenvalue weighted by molar-refractivity contribution is 7.11. The Morgan fingerprint density at radius 2 is 2.11 bits per heavy atom. The van der Waals surface area contributed by atoms with Gasteiger partial charge in [-0.1, -0.05) is 6.07 Å². The first-order valence-corrected chi connectivity index (χ1v) is 9.89. The zero-order valence-corrected chi connectivity index (χ0v) is 16.4. The molecule has 1 unspecified atom stereocenters. The number of thiazole rings is 1. The molecule has 1 saturated heterocycles. The summed E-state index contributed by atoms with van der Waals surface area (Å²) in [4.78, 5) is 17.0. The second kappa shape index (κ2) is 8.12. The van der Waals surface area contributed by atoms with Crippen LogP contribution in [0, 0.1) is 13.8 Å². The van der Waals surface area contributed by atoms with E-state index < -0.39 is 0 Å². The number of aromatic nitrogens is 3. The predicted octanol–water partition coefficient (Wildman–Crippen LogP) is 3.87. The van der Waals surface area contributed by atoms with Crippen LogP contribution in [0.2, 0.25) is 0 Å². The Balaban J connectivity index is 1.40. The van der Waals surface area contributed by atoms with Gasteiger partial charge >= 0.3 is 0 Å². The van der Waals surface area contributed by atoms with Crippen LogP contribution in [0.3, 0.4) is 0 Å². The Bertz CT molecular complexity index is 895.